The third-order valence-electron chi connectivity index (χ3n) is 3.08. The van der Waals surface area contributed by atoms with Gasteiger partial charge < -0.3 is 0 Å². The maximum atomic E-state index is 12.6. The lowest BCUT2D eigenvalue weighted by Gasteiger charge is -2.29. The van der Waals surface area contributed by atoms with E-state index in [1.165, 1.54) is 0 Å². The van der Waals surface area contributed by atoms with Crippen LogP contribution in [-0.4, -0.2) is 24.6 Å². The third-order valence-corrected chi connectivity index (χ3v) is 7.38. The largest absolute Gasteiger partial charge is 0.243 e. The number of halogens is 2. The van der Waals surface area contributed by atoms with Crippen LogP contribution in [0.3, 0.4) is 0 Å². The van der Waals surface area contributed by atoms with Crippen LogP contribution in [0.15, 0.2) is 31.8 Å². The molecule has 5 nitrogen and oxygen atoms in total. The second kappa shape index (κ2) is 6.35. The van der Waals surface area contributed by atoms with E-state index >= 15 is 0 Å². The molecule has 1 aromatic carbocycles. The van der Waals surface area contributed by atoms with Crippen molar-refractivity contribution in [1.82, 2.24) is 4.72 Å². The number of rotatable bonds is 6. The molecule has 0 unspecified atom stereocenters. The number of sulfonamides is 1. The molecule has 9 heteroatoms. The van der Waals surface area contributed by atoms with Crippen molar-refractivity contribution in [3.05, 3.63) is 18.2 Å². The Kier molecular flexibility index (Phi) is 5.17. The molecule has 0 aromatic heterocycles. The number of hydrogen-bond acceptors (Lipinski definition) is 4. The van der Waals surface area contributed by atoms with E-state index in [9.17, 15) is 8.42 Å². The highest BCUT2D eigenvalue weighted by Gasteiger charge is 2.33. The van der Waals surface area contributed by atoms with Gasteiger partial charge in [0.1, 0.15) is 16.3 Å². The molecule has 2 rings (SSSR count). The van der Waals surface area contributed by atoms with Gasteiger partial charge in [-0.3, -0.25) is 0 Å². The van der Waals surface area contributed by atoms with E-state index < -0.39 is 15.6 Å². The summed E-state index contributed by atoms with van der Waals surface area (Å²) in [5.41, 5.74) is 0.446. The lowest BCUT2D eigenvalue weighted by molar-refractivity contribution is 0.459. The fourth-order valence-electron chi connectivity index (χ4n) is 1.69. The lowest BCUT2D eigenvalue weighted by atomic mass is 10.0. The van der Waals surface area contributed by atoms with Crippen molar-refractivity contribution in [2.45, 2.75) is 23.8 Å². The molecule has 1 aliphatic rings. The summed E-state index contributed by atoms with van der Waals surface area (Å²) in [6.45, 7) is 1.94. The van der Waals surface area contributed by atoms with Crippen molar-refractivity contribution in [3.63, 3.8) is 0 Å². The minimum atomic E-state index is -3.66. The number of nitrogens with zero attached hydrogens (tertiary/aromatic N) is 2. The van der Waals surface area contributed by atoms with Crippen molar-refractivity contribution < 1.29 is 8.42 Å². The normalized spacial score (nSPS) is 14.2. The number of fused-ring (bicyclic) bond motifs is 1. The van der Waals surface area contributed by atoms with Gasteiger partial charge in [-0.05, 0) is 18.6 Å². The molecule has 0 fully saturated rings. The topological polar surface area (TPSA) is 70.9 Å². The highest BCUT2D eigenvalue weighted by atomic mass is 79.9. The fraction of sp³-hybridized carbons (Fsp3) is 0.455. The van der Waals surface area contributed by atoms with Gasteiger partial charge in [0, 0.05) is 10.7 Å². The number of benzene rings is 1. The first-order chi connectivity index (χ1) is 9.48. The first-order valence-corrected chi connectivity index (χ1v) is 10.3. The van der Waals surface area contributed by atoms with Gasteiger partial charge in [0.2, 0.25) is 10.0 Å². The average molecular weight is 443 g/mol. The van der Waals surface area contributed by atoms with Crippen molar-refractivity contribution in [3.8, 4) is 0 Å². The molecular weight excluding hydrogens is 430 g/mol. The molecule has 1 N–H and O–H groups in total. The highest BCUT2D eigenvalue weighted by Crippen LogP contribution is 2.37. The molecule has 0 saturated heterocycles. The van der Waals surface area contributed by atoms with Gasteiger partial charge in [0.05, 0.1) is 16.9 Å². The molecule has 1 aliphatic heterocycles. The maximum absolute atomic E-state index is 12.6. The monoisotopic (exact) mass is 441 g/mol. The van der Waals surface area contributed by atoms with Crippen LogP contribution in [-0.2, 0) is 21.4 Å². The van der Waals surface area contributed by atoms with Crippen LogP contribution in [0.2, 0.25) is 0 Å². The van der Waals surface area contributed by atoms with Gasteiger partial charge in [-0.1, -0.05) is 44.8 Å². The Morgan fingerprint density at radius 3 is 2.60 bits per heavy atom. The minimum Gasteiger partial charge on any atom is -0.207 e. The summed E-state index contributed by atoms with van der Waals surface area (Å²) in [4.78, 5) is 0.170. The summed E-state index contributed by atoms with van der Waals surface area (Å²) in [6.07, 6.45) is 0.661. The predicted octanol–water partition coefficient (Wildman–Crippen LogP) is 3.63. The molecule has 1 aromatic rings. The van der Waals surface area contributed by atoms with Crippen LogP contribution < -0.4 is 4.72 Å². The highest BCUT2D eigenvalue weighted by molar-refractivity contribution is 9.09. The maximum Gasteiger partial charge on any atom is 0.243 e. The number of alkyl halides is 2. The SMILES string of the molecule is CCC(CBr)(CBr)NS(=O)(=O)c1cccc2c1N=S=N2. The van der Waals surface area contributed by atoms with E-state index in [1.807, 2.05) is 6.92 Å². The molecule has 0 amide bonds. The minimum absolute atomic E-state index is 0.170. The molecule has 20 heavy (non-hydrogen) atoms. The van der Waals surface area contributed by atoms with Crippen LogP contribution in [0.1, 0.15) is 13.3 Å². The zero-order valence-corrected chi connectivity index (χ0v) is 15.4. The standard InChI is InChI=1S/C11H13Br2N3O2S2/c1-2-11(6-12,7-13)16-20(17,18)9-5-3-4-8-10(9)15-19-14-8/h3-5,16H,2,6-7H2,1H3. The van der Waals surface area contributed by atoms with Gasteiger partial charge in [-0.15, -0.1) is 0 Å². The van der Waals surface area contributed by atoms with Crippen LogP contribution in [0, 0.1) is 0 Å². The Morgan fingerprint density at radius 2 is 2.00 bits per heavy atom. The van der Waals surface area contributed by atoms with Crippen LogP contribution >= 0.6 is 31.9 Å². The molecule has 0 spiro atoms. The molecular formula is C11H13Br2N3O2S2. The molecule has 0 saturated carbocycles. The van der Waals surface area contributed by atoms with Crippen molar-refractivity contribution >= 4 is 64.6 Å². The molecule has 0 bridgehead atoms. The summed E-state index contributed by atoms with van der Waals surface area (Å²) in [5, 5.41) is 1.04. The third kappa shape index (κ3) is 3.06. The molecule has 110 valence electrons. The van der Waals surface area contributed by atoms with Gasteiger partial charge in [-0.2, -0.15) is 8.73 Å². The van der Waals surface area contributed by atoms with E-state index in [2.05, 4.69) is 45.3 Å². The van der Waals surface area contributed by atoms with E-state index in [1.54, 1.807) is 18.2 Å². The summed E-state index contributed by atoms with van der Waals surface area (Å²) in [5.74, 6) is 0. The summed E-state index contributed by atoms with van der Waals surface area (Å²) in [6, 6.07) is 4.98. The molecule has 0 aliphatic carbocycles. The molecule has 1 heterocycles. The second-order valence-corrected chi connectivity index (χ2v) is 7.70. The Labute approximate surface area is 138 Å². The van der Waals surface area contributed by atoms with E-state index in [4.69, 9.17) is 0 Å². The Bertz CT molecular complexity index is 673. The summed E-state index contributed by atoms with van der Waals surface area (Å²) >= 11 is 7.76. The first kappa shape index (κ1) is 16.3. The summed E-state index contributed by atoms with van der Waals surface area (Å²) < 4.78 is 36.2. The lowest BCUT2D eigenvalue weighted by Crippen LogP contribution is -2.50. The second-order valence-electron chi connectivity index (χ2n) is 4.39. The number of nitrogens with one attached hydrogen (secondary N) is 1. The van der Waals surface area contributed by atoms with Gasteiger partial charge in [0.25, 0.3) is 0 Å². The van der Waals surface area contributed by atoms with Gasteiger partial charge >= 0.3 is 0 Å². The molecule has 0 atom stereocenters. The van der Waals surface area contributed by atoms with Crippen LogP contribution in [0.4, 0.5) is 11.4 Å². The van der Waals surface area contributed by atoms with E-state index in [0.717, 1.165) is 11.4 Å². The average Bonchev–Trinajstić information content (AvgIpc) is 2.93. The zero-order chi connectivity index (χ0) is 14.8. The van der Waals surface area contributed by atoms with Crippen LogP contribution in [0.25, 0.3) is 0 Å². The van der Waals surface area contributed by atoms with Gasteiger partial charge in [0.15, 0.2) is 0 Å². The Balaban J connectivity index is 2.43. The zero-order valence-electron chi connectivity index (χ0n) is 10.6. The first-order valence-electron chi connectivity index (χ1n) is 5.85. The van der Waals surface area contributed by atoms with Gasteiger partial charge in [-0.25, -0.2) is 13.1 Å². The smallest absolute Gasteiger partial charge is 0.207 e. The van der Waals surface area contributed by atoms with Crippen molar-refractivity contribution in [2.24, 2.45) is 8.73 Å². The molecule has 0 radical (unpaired) electrons. The predicted molar refractivity (Wildman–Crippen MR) is 88.9 cm³/mol. The summed E-state index contributed by atoms with van der Waals surface area (Å²) in [7, 11) is -3.66. The van der Waals surface area contributed by atoms with Crippen LogP contribution in [0.5, 0.6) is 0 Å². The van der Waals surface area contributed by atoms with Crippen molar-refractivity contribution in [1.29, 1.82) is 0 Å². The van der Waals surface area contributed by atoms with E-state index in [-0.39, 0.29) is 4.90 Å². The van der Waals surface area contributed by atoms with E-state index in [0.29, 0.717) is 28.5 Å². The Morgan fingerprint density at radius 1 is 1.30 bits per heavy atom. The Hall–Kier alpha value is -0.0900. The quantitative estimate of drug-likeness (QED) is 0.693. The fourth-order valence-corrected chi connectivity index (χ4v) is 6.30. The number of hydrogen-bond donors (Lipinski definition) is 1. The van der Waals surface area contributed by atoms with Crippen molar-refractivity contribution in [2.75, 3.05) is 10.7 Å².